The monoisotopic (exact) mass is 432 g/mol. The smallest absolute Gasteiger partial charge is 0.338 e. The zero-order valence-electron chi connectivity index (χ0n) is 17.5. The lowest BCUT2D eigenvalue weighted by Gasteiger charge is -2.39. The van der Waals surface area contributed by atoms with Crippen LogP contribution in [0, 0.1) is 0 Å². The summed E-state index contributed by atoms with van der Waals surface area (Å²) in [5.41, 5.74) is 1.40. The molecule has 0 N–H and O–H groups in total. The van der Waals surface area contributed by atoms with E-state index in [1.54, 1.807) is 12.1 Å². The van der Waals surface area contributed by atoms with E-state index in [4.69, 9.17) is 30.5 Å². The lowest BCUT2D eigenvalue weighted by molar-refractivity contribution is -0.281. The summed E-state index contributed by atoms with van der Waals surface area (Å²) in [6, 6.07) is 16.5. The lowest BCUT2D eigenvalue weighted by Crippen LogP contribution is -2.51. The minimum Gasteiger partial charge on any atom is -0.456 e. The van der Waals surface area contributed by atoms with Crippen molar-refractivity contribution < 1.29 is 23.7 Å². The van der Waals surface area contributed by atoms with Gasteiger partial charge in [-0.25, -0.2) is 4.79 Å². The van der Waals surface area contributed by atoms with Crippen molar-refractivity contribution in [1.29, 1.82) is 0 Å². The molecular formula is C24H29ClO5. The van der Waals surface area contributed by atoms with Crippen LogP contribution in [0.3, 0.4) is 0 Å². The normalized spacial score (nSPS) is 22.4. The summed E-state index contributed by atoms with van der Waals surface area (Å²) < 4.78 is 23.8. The maximum Gasteiger partial charge on any atom is 0.338 e. The number of carbonyl (C=O) groups excluding carboxylic acids is 1. The maximum absolute atomic E-state index is 12.5. The van der Waals surface area contributed by atoms with Gasteiger partial charge in [0.1, 0.15) is 18.3 Å². The van der Waals surface area contributed by atoms with E-state index in [2.05, 4.69) is 6.92 Å². The van der Waals surface area contributed by atoms with Gasteiger partial charge in [-0.3, -0.25) is 0 Å². The van der Waals surface area contributed by atoms with Crippen molar-refractivity contribution >= 4 is 17.6 Å². The van der Waals surface area contributed by atoms with E-state index in [9.17, 15) is 4.79 Å². The highest BCUT2D eigenvalue weighted by Gasteiger charge is 2.38. The molecule has 0 aromatic heterocycles. The highest BCUT2D eigenvalue weighted by molar-refractivity contribution is 6.31. The SMILES string of the molecule is CCCC[C@@H]1OC[C@H](OCc2ccccc2Cl)[C@@H](C(C)OC(=O)c2ccccc2)O1. The molecule has 1 aliphatic rings. The molecule has 1 unspecified atom stereocenters. The van der Waals surface area contributed by atoms with Crippen LogP contribution in [0.25, 0.3) is 0 Å². The molecule has 30 heavy (non-hydrogen) atoms. The van der Waals surface area contributed by atoms with Gasteiger partial charge < -0.3 is 18.9 Å². The summed E-state index contributed by atoms with van der Waals surface area (Å²) in [6.07, 6.45) is 1.21. The number of halogens is 1. The molecule has 1 saturated heterocycles. The first-order chi connectivity index (χ1) is 14.6. The van der Waals surface area contributed by atoms with Crippen molar-refractivity contribution in [2.45, 2.75) is 64.3 Å². The van der Waals surface area contributed by atoms with E-state index >= 15 is 0 Å². The second-order valence-electron chi connectivity index (χ2n) is 7.42. The number of ether oxygens (including phenoxy) is 4. The fourth-order valence-electron chi connectivity index (χ4n) is 3.37. The summed E-state index contributed by atoms with van der Waals surface area (Å²) in [4.78, 5) is 12.5. The standard InChI is InChI=1S/C24H29ClO5/c1-3-4-14-22-28-16-21(27-15-19-12-8-9-13-20(19)25)23(30-22)17(2)29-24(26)18-10-6-5-7-11-18/h5-13,17,21-23H,3-4,14-16H2,1-2H3/t17?,21-,22+,23+/m0/s1. The van der Waals surface area contributed by atoms with Crippen LogP contribution in [0.1, 0.15) is 49.0 Å². The van der Waals surface area contributed by atoms with Gasteiger partial charge in [0.2, 0.25) is 0 Å². The van der Waals surface area contributed by atoms with Crippen molar-refractivity contribution in [1.82, 2.24) is 0 Å². The van der Waals surface area contributed by atoms with E-state index < -0.39 is 12.2 Å². The Morgan fingerprint density at radius 3 is 2.63 bits per heavy atom. The first-order valence-electron chi connectivity index (χ1n) is 10.5. The zero-order chi connectivity index (χ0) is 21.3. The molecule has 1 aliphatic heterocycles. The van der Waals surface area contributed by atoms with Gasteiger partial charge in [0.05, 0.1) is 18.8 Å². The molecule has 0 aliphatic carbocycles. The first-order valence-corrected chi connectivity index (χ1v) is 10.8. The van der Waals surface area contributed by atoms with Gasteiger partial charge in [0, 0.05) is 5.02 Å². The van der Waals surface area contributed by atoms with Crippen molar-refractivity contribution in [3.05, 3.63) is 70.7 Å². The average molecular weight is 433 g/mol. The van der Waals surface area contributed by atoms with Gasteiger partial charge in [0.15, 0.2) is 6.29 Å². The van der Waals surface area contributed by atoms with Crippen LogP contribution < -0.4 is 0 Å². The minimum atomic E-state index is -0.498. The summed E-state index contributed by atoms with van der Waals surface area (Å²) in [5, 5.41) is 0.649. The molecule has 6 heteroatoms. The number of hydrogen-bond donors (Lipinski definition) is 0. The van der Waals surface area contributed by atoms with Gasteiger partial charge in [-0.1, -0.05) is 61.3 Å². The average Bonchev–Trinajstić information content (AvgIpc) is 2.78. The van der Waals surface area contributed by atoms with Crippen LogP contribution in [0.2, 0.25) is 5.02 Å². The summed E-state index contributed by atoms with van der Waals surface area (Å²) in [5.74, 6) is -0.381. The van der Waals surface area contributed by atoms with Crippen LogP contribution in [0.15, 0.2) is 54.6 Å². The molecule has 0 saturated carbocycles. The van der Waals surface area contributed by atoms with Gasteiger partial charge in [-0.2, -0.15) is 0 Å². The van der Waals surface area contributed by atoms with Crippen LogP contribution in [-0.2, 0) is 25.6 Å². The van der Waals surface area contributed by atoms with Crippen molar-refractivity contribution in [2.75, 3.05) is 6.61 Å². The number of esters is 1. The highest BCUT2D eigenvalue weighted by Crippen LogP contribution is 2.26. The molecule has 1 fully saturated rings. The summed E-state index contributed by atoms with van der Waals surface area (Å²) >= 11 is 6.25. The number of benzene rings is 2. The molecule has 2 aromatic rings. The Labute approximate surface area is 183 Å². The largest absolute Gasteiger partial charge is 0.456 e. The topological polar surface area (TPSA) is 54.0 Å². The fourth-order valence-corrected chi connectivity index (χ4v) is 3.56. The molecule has 162 valence electrons. The predicted molar refractivity (Wildman–Crippen MR) is 115 cm³/mol. The van der Waals surface area contributed by atoms with Crippen LogP contribution in [0.4, 0.5) is 0 Å². The van der Waals surface area contributed by atoms with E-state index in [1.807, 2.05) is 49.4 Å². The molecular weight excluding hydrogens is 404 g/mol. The van der Waals surface area contributed by atoms with Gasteiger partial charge >= 0.3 is 5.97 Å². The van der Waals surface area contributed by atoms with Crippen LogP contribution in [-0.4, -0.2) is 37.2 Å². The molecule has 3 rings (SSSR count). The van der Waals surface area contributed by atoms with E-state index in [1.165, 1.54) is 0 Å². The highest BCUT2D eigenvalue weighted by atomic mass is 35.5. The summed E-state index contributed by atoms with van der Waals surface area (Å²) in [7, 11) is 0. The molecule has 0 amide bonds. The number of unbranched alkanes of at least 4 members (excludes halogenated alkanes) is 1. The van der Waals surface area contributed by atoms with Gasteiger partial charge in [0.25, 0.3) is 0 Å². The van der Waals surface area contributed by atoms with Crippen LogP contribution >= 0.6 is 11.6 Å². The third-order valence-corrected chi connectivity index (χ3v) is 5.46. The quantitative estimate of drug-likeness (QED) is 0.496. The minimum absolute atomic E-state index is 0.326. The van der Waals surface area contributed by atoms with E-state index in [-0.39, 0.29) is 18.4 Å². The third-order valence-electron chi connectivity index (χ3n) is 5.09. The Hall–Kier alpha value is -1.92. The first kappa shape index (κ1) is 22.8. The Balaban J connectivity index is 1.66. The number of hydrogen-bond acceptors (Lipinski definition) is 5. The molecule has 4 atom stereocenters. The van der Waals surface area contributed by atoms with Crippen LogP contribution in [0.5, 0.6) is 0 Å². The molecule has 0 bridgehead atoms. The van der Waals surface area contributed by atoms with Gasteiger partial charge in [-0.15, -0.1) is 0 Å². The molecule has 2 aromatic carbocycles. The van der Waals surface area contributed by atoms with E-state index in [0.29, 0.717) is 23.8 Å². The molecule has 0 radical (unpaired) electrons. The molecule has 5 nitrogen and oxygen atoms in total. The Kier molecular flexibility index (Phi) is 8.70. The Morgan fingerprint density at radius 1 is 1.17 bits per heavy atom. The Morgan fingerprint density at radius 2 is 1.90 bits per heavy atom. The van der Waals surface area contributed by atoms with E-state index in [0.717, 1.165) is 24.8 Å². The maximum atomic E-state index is 12.5. The predicted octanol–water partition coefficient (Wildman–Crippen LogP) is 5.40. The Bertz CT molecular complexity index is 797. The van der Waals surface area contributed by atoms with Crippen molar-refractivity contribution in [3.8, 4) is 0 Å². The van der Waals surface area contributed by atoms with Gasteiger partial charge in [-0.05, 0) is 43.5 Å². The summed E-state index contributed by atoms with van der Waals surface area (Å²) in [6.45, 7) is 4.66. The zero-order valence-corrected chi connectivity index (χ0v) is 18.2. The fraction of sp³-hybridized carbons (Fsp3) is 0.458. The molecule has 1 heterocycles. The second-order valence-corrected chi connectivity index (χ2v) is 7.83. The number of carbonyl (C=O) groups is 1. The lowest BCUT2D eigenvalue weighted by atomic mass is 10.1. The second kappa shape index (κ2) is 11.5. The number of rotatable bonds is 9. The molecule has 0 spiro atoms. The van der Waals surface area contributed by atoms with Crippen molar-refractivity contribution in [2.24, 2.45) is 0 Å². The van der Waals surface area contributed by atoms with Crippen molar-refractivity contribution in [3.63, 3.8) is 0 Å². The third kappa shape index (κ3) is 6.29.